The van der Waals surface area contributed by atoms with Crippen LogP contribution in [0, 0.1) is 13.8 Å². The molecule has 7 heteroatoms. The Balaban J connectivity index is 0.000000554. The average molecular weight is 514 g/mol. The van der Waals surface area contributed by atoms with Crippen molar-refractivity contribution in [1.82, 2.24) is 25.3 Å². The first kappa shape index (κ1) is 32.0. The minimum absolute atomic E-state index is 0.664. The van der Waals surface area contributed by atoms with Crippen molar-refractivity contribution in [2.24, 2.45) is 10.7 Å². The first-order chi connectivity index (χ1) is 18.5. The van der Waals surface area contributed by atoms with Crippen LogP contribution in [0.2, 0.25) is 0 Å². The van der Waals surface area contributed by atoms with Gasteiger partial charge in [-0.05, 0) is 58.3 Å². The van der Waals surface area contributed by atoms with Crippen molar-refractivity contribution >= 4 is 24.3 Å². The maximum atomic E-state index is 4.58. The zero-order chi connectivity index (χ0) is 28.3. The SMILES string of the molecule is C=Cc1cc(N=C)n(/C(=C\Cc2ccc(C)cc2CNC)c2cn[nH]c2)n1.CC.CN.Cc1ccccc1. The molecule has 38 heavy (non-hydrogen) atoms. The number of hydrogen-bond donors (Lipinski definition) is 3. The molecule has 2 heterocycles. The molecule has 0 radical (unpaired) electrons. The second-order valence-corrected chi connectivity index (χ2v) is 7.94. The number of rotatable bonds is 8. The summed E-state index contributed by atoms with van der Waals surface area (Å²) in [6.45, 7) is 16.5. The van der Waals surface area contributed by atoms with E-state index in [0.717, 1.165) is 29.9 Å². The zero-order valence-corrected chi connectivity index (χ0v) is 23.7. The van der Waals surface area contributed by atoms with Crippen LogP contribution in [0.4, 0.5) is 5.82 Å². The van der Waals surface area contributed by atoms with E-state index < -0.39 is 0 Å². The summed E-state index contributed by atoms with van der Waals surface area (Å²) in [6.07, 6.45) is 8.22. The van der Waals surface area contributed by atoms with Crippen LogP contribution in [0.3, 0.4) is 0 Å². The Kier molecular flexibility index (Phi) is 15.3. The maximum Gasteiger partial charge on any atom is 0.155 e. The predicted octanol–water partition coefficient (Wildman–Crippen LogP) is 6.34. The van der Waals surface area contributed by atoms with Crippen molar-refractivity contribution in [2.75, 3.05) is 14.1 Å². The molecule has 0 amide bonds. The van der Waals surface area contributed by atoms with Crippen molar-refractivity contribution < 1.29 is 0 Å². The molecule has 7 nitrogen and oxygen atoms in total. The van der Waals surface area contributed by atoms with Gasteiger partial charge in [0.05, 0.1) is 17.6 Å². The second-order valence-electron chi connectivity index (χ2n) is 7.94. The summed E-state index contributed by atoms with van der Waals surface area (Å²) in [4.78, 5) is 4.10. The molecule has 0 unspecified atom stereocenters. The fraction of sp³-hybridized carbons (Fsp3) is 0.258. The Hall–Kier alpha value is -4.07. The number of hydrogen-bond acceptors (Lipinski definition) is 5. The Morgan fingerprint density at radius 3 is 2.29 bits per heavy atom. The average Bonchev–Trinajstić information content (AvgIpc) is 3.64. The summed E-state index contributed by atoms with van der Waals surface area (Å²) in [5.41, 5.74) is 12.2. The predicted molar refractivity (Wildman–Crippen MR) is 164 cm³/mol. The lowest BCUT2D eigenvalue weighted by molar-refractivity contribution is 0.807. The van der Waals surface area contributed by atoms with Crippen molar-refractivity contribution in [3.05, 3.63) is 113 Å². The first-order valence-electron chi connectivity index (χ1n) is 12.8. The highest BCUT2D eigenvalue weighted by Gasteiger charge is 2.13. The number of aromatic nitrogens is 4. The third-order valence-electron chi connectivity index (χ3n) is 5.29. The van der Waals surface area contributed by atoms with Crippen LogP contribution in [-0.4, -0.2) is 40.8 Å². The van der Waals surface area contributed by atoms with E-state index in [1.165, 1.54) is 29.3 Å². The molecule has 0 aliphatic rings. The van der Waals surface area contributed by atoms with Gasteiger partial charge in [0.2, 0.25) is 0 Å². The summed E-state index contributed by atoms with van der Waals surface area (Å²) in [6, 6.07) is 18.7. The molecule has 0 saturated carbocycles. The largest absolute Gasteiger partial charge is 0.333 e. The van der Waals surface area contributed by atoms with Gasteiger partial charge in [0.1, 0.15) is 0 Å². The number of benzene rings is 2. The molecular weight excluding hydrogens is 470 g/mol. The standard InChI is InChI=1S/C21H24N6.C7H8.C2H6.CH5N/c1-5-19-11-21(23-4)27(26-19)20(18-13-24-25-14-18)9-8-16-7-6-15(2)10-17(16)12-22-3;1-7-5-3-2-4-6-7;2*1-2/h5-7,9-11,13-14,22H,1,4,8,12H2,2-3H3,(H,24,25);2-6H,1H3;1-2H3;2H2,1H3/b20-9-;;;. The number of allylic oxidation sites excluding steroid dienone is 1. The molecule has 0 aliphatic carbocycles. The van der Waals surface area contributed by atoms with E-state index in [0.29, 0.717) is 5.82 Å². The van der Waals surface area contributed by atoms with Crippen LogP contribution in [-0.2, 0) is 13.0 Å². The number of aliphatic imine (C=N–C) groups is 1. The van der Waals surface area contributed by atoms with Crippen molar-refractivity contribution in [1.29, 1.82) is 0 Å². The number of nitrogens with zero attached hydrogens (tertiary/aromatic N) is 4. The maximum absolute atomic E-state index is 4.58. The Labute approximate surface area is 228 Å². The smallest absolute Gasteiger partial charge is 0.155 e. The van der Waals surface area contributed by atoms with Gasteiger partial charge in [0.25, 0.3) is 0 Å². The van der Waals surface area contributed by atoms with Gasteiger partial charge in [-0.1, -0.05) is 86.2 Å². The normalized spacial score (nSPS) is 10.1. The van der Waals surface area contributed by atoms with Gasteiger partial charge in [-0.2, -0.15) is 10.2 Å². The van der Waals surface area contributed by atoms with Crippen molar-refractivity contribution in [2.45, 2.75) is 40.7 Å². The molecule has 0 spiro atoms. The lowest BCUT2D eigenvalue weighted by Crippen LogP contribution is -2.08. The van der Waals surface area contributed by atoms with E-state index in [2.05, 4.69) is 94.9 Å². The molecule has 4 rings (SSSR count). The number of aryl methyl sites for hydroxylation is 2. The van der Waals surface area contributed by atoms with E-state index in [1.54, 1.807) is 17.0 Å². The highest BCUT2D eigenvalue weighted by atomic mass is 15.3. The molecule has 0 atom stereocenters. The minimum atomic E-state index is 0.664. The van der Waals surface area contributed by atoms with Gasteiger partial charge in [-0.3, -0.25) is 5.10 Å². The molecule has 0 fully saturated rings. The summed E-state index contributed by atoms with van der Waals surface area (Å²) in [5.74, 6) is 0.664. The Morgan fingerprint density at radius 1 is 1.05 bits per heavy atom. The van der Waals surface area contributed by atoms with Crippen molar-refractivity contribution in [3.8, 4) is 0 Å². The second kappa shape index (κ2) is 18.2. The van der Waals surface area contributed by atoms with Crippen LogP contribution in [0.15, 0.2) is 84.6 Å². The summed E-state index contributed by atoms with van der Waals surface area (Å²) in [7, 11) is 3.46. The van der Waals surface area contributed by atoms with Crippen LogP contribution in [0.5, 0.6) is 0 Å². The highest BCUT2D eigenvalue weighted by Crippen LogP contribution is 2.25. The van der Waals surface area contributed by atoms with Gasteiger partial charge in [0.15, 0.2) is 5.82 Å². The molecule has 0 saturated heterocycles. The molecule has 4 N–H and O–H groups in total. The van der Waals surface area contributed by atoms with Gasteiger partial charge >= 0.3 is 0 Å². The molecule has 202 valence electrons. The summed E-state index contributed by atoms with van der Waals surface area (Å²) in [5, 5.41) is 14.8. The van der Waals surface area contributed by atoms with Crippen LogP contribution in [0.25, 0.3) is 11.8 Å². The van der Waals surface area contributed by atoms with Gasteiger partial charge < -0.3 is 11.1 Å². The topological polar surface area (TPSA) is 96.9 Å². The first-order valence-corrected chi connectivity index (χ1v) is 12.8. The zero-order valence-electron chi connectivity index (χ0n) is 23.7. The summed E-state index contributed by atoms with van der Waals surface area (Å²) >= 11 is 0. The quantitative estimate of drug-likeness (QED) is 0.240. The van der Waals surface area contributed by atoms with Crippen LogP contribution >= 0.6 is 0 Å². The third-order valence-corrected chi connectivity index (χ3v) is 5.29. The molecule has 2 aromatic heterocycles. The van der Waals surface area contributed by atoms with E-state index in [-0.39, 0.29) is 0 Å². The monoisotopic (exact) mass is 513 g/mol. The molecule has 2 aromatic carbocycles. The molecule has 4 aromatic rings. The Morgan fingerprint density at radius 2 is 1.76 bits per heavy atom. The van der Waals surface area contributed by atoms with Crippen LogP contribution in [0.1, 0.15) is 47.4 Å². The van der Waals surface area contributed by atoms with E-state index in [9.17, 15) is 0 Å². The lowest BCUT2D eigenvalue weighted by Gasteiger charge is -2.11. The molecule has 0 bridgehead atoms. The van der Waals surface area contributed by atoms with Crippen LogP contribution < -0.4 is 11.1 Å². The number of aromatic amines is 1. The van der Waals surface area contributed by atoms with Gasteiger partial charge in [0, 0.05) is 24.4 Å². The Bertz CT molecular complexity index is 1240. The van der Waals surface area contributed by atoms with Gasteiger partial charge in [-0.25, -0.2) is 9.67 Å². The highest BCUT2D eigenvalue weighted by molar-refractivity contribution is 5.69. The molecular formula is C31H43N7. The van der Waals surface area contributed by atoms with Gasteiger partial charge in [-0.15, -0.1) is 0 Å². The molecule has 0 aliphatic heterocycles. The lowest BCUT2D eigenvalue weighted by atomic mass is 10.0. The number of H-pyrrole nitrogens is 1. The number of nitrogens with one attached hydrogen (secondary N) is 2. The van der Waals surface area contributed by atoms with Crippen molar-refractivity contribution in [3.63, 3.8) is 0 Å². The van der Waals surface area contributed by atoms with E-state index >= 15 is 0 Å². The minimum Gasteiger partial charge on any atom is -0.333 e. The fourth-order valence-electron chi connectivity index (χ4n) is 3.55. The fourth-order valence-corrected chi connectivity index (χ4v) is 3.55. The van der Waals surface area contributed by atoms with E-state index in [4.69, 9.17) is 0 Å². The number of nitrogens with two attached hydrogens (primary N) is 1. The van der Waals surface area contributed by atoms with E-state index in [1.807, 2.05) is 51.4 Å². The third kappa shape index (κ3) is 9.76. The summed E-state index contributed by atoms with van der Waals surface area (Å²) < 4.78 is 1.78.